The molecule has 3 atom stereocenters. The minimum absolute atomic E-state index is 0.0523. The number of anilines is 1. The van der Waals surface area contributed by atoms with Gasteiger partial charge in [-0.2, -0.15) is 5.10 Å². The first kappa shape index (κ1) is 16.3. The number of urea groups is 1. The molecule has 0 spiro atoms. The topological polar surface area (TPSA) is 83.3 Å². The van der Waals surface area contributed by atoms with Crippen molar-refractivity contribution >= 4 is 22.5 Å². The van der Waals surface area contributed by atoms with Gasteiger partial charge in [-0.1, -0.05) is 0 Å². The molecular formula is C18H23N5O2S. The summed E-state index contributed by atoms with van der Waals surface area (Å²) in [5, 5.41) is 21.1. The maximum absolute atomic E-state index is 12.9. The van der Waals surface area contributed by atoms with Crippen LogP contribution in [0.5, 0.6) is 0 Å². The van der Waals surface area contributed by atoms with Crippen molar-refractivity contribution in [3.8, 4) is 0 Å². The fourth-order valence-corrected chi connectivity index (χ4v) is 5.44. The maximum atomic E-state index is 12.9. The van der Waals surface area contributed by atoms with E-state index >= 15 is 0 Å². The molecule has 5 rings (SSSR count). The molecule has 2 aromatic rings. The van der Waals surface area contributed by atoms with Gasteiger partial charge in [-0.05, 0) is 31.7 Å². The van der Waals surface area contributed by atoms with Crippen molar-refractivity contribution < 1.29 is 9.90 Å². The summed E-state index contributed by atoms with van der Waals surface area (Å²) in [4.78, 5) is 19.4. The van der Waals surface area contributed by atoms with E-state index in [0.717, 1.165) is 24.2 Å². The van der Waals surface area contributed by atoms with E-state index < -0.39 is 5.60 Å². The molecule has 2 N–H and O–H groups in total. The van der Waals surface area contributed by atoms with E-state index in [4.69, 9.17) is 0 Å². The number of thiazole rings is 1. The molecule has 2 saturated heterocycles. The molecule has 3 fully saturated rings. The lowest BCUT2D eigenvalue weighted by Crippen LogP contribution is -2.53. The first-order valence-electron chi connectivity index (χ1n) is 9.29. The Bertz CT molecular complexity index is 828. The molecule has 0 aromatic carbocycles. The quantitative estimate of drug-likeness (QED) is 0.867. The van der Waals surface area contributed by atoms with Crippen molar-refractivity contribution in [2.24, 2.45) is 7.05 Å². The molecule has 1 saturated carbocycles. The first-order chi connectivity index (χ1) is 12.5. The van der Waals surface area contributed by atoms with Crippen LogP contribution in [0.25, 0.3) is 0 Å². The second-order valence-corrected chi connectivity index (χ2v) is 8.71. The highest BCUT2D eigenvalue weighted by molar-refractivity contribution is 7.13. The normalized spacial score (nSPS) is 30.6. The fourth-order valence-electron chi connectivity index (χ4n) is 4.66. The van der Waals surface area contributed by atoms with Gasteiger partial charge in [0.05, 0.1) is 11.4 Å². The highest BCUT2D eigenvalue weighted by Crippen LogP contribution is 2.46. The predicted octanol–water partition coefficient (Wildman–Crippen LogP) is 2.80. The lowest BCUT2D eigenvalue weighted by atomic mass is 9.83. The number of nitrogens with zero attached hydrogens (tertiary/aromatic N) is 4. The first-order valence-corrected chi connectivity index (χ1v) is 10.2. The summed E-state index contributed by atoms with van der Waals surface area (Å²) in [5.41, 5.74) is 1.04. The molecule has 26 heavy (non-hydrogen) atoms. The van der Waals surface area contributed by atoms with Crippen molar-refractivity contribution in [3.05, 3.63) is 29.0 Å². The van der Waals surface area contributed by atoms with E-state index in [9.17, 15) is 9.90 Å². The monoisotopic (exact) mass is 373 g/mol. The molecule has 0 radical (unpaired) electrons. The predicted molar refractivity (Wildman–Crippen MR) is 98.1 cm³/mol. The zero-order valence-electron chi connectivity index (χ0n) is 14.8. The molecule has 4 heterocycles. The van der Waals surface area contributed by atoms with Gasteiger partial charge >= 0.3 is 6.03 Å². The van der Waals surface area contributed by atoms with Crippen LogP contribution in [-0.2, 0) is 12.6 Å². The van der Waals surface area contributed by atoms with Crippen molar-refractivity contribution in [3.63, 3.8) is 0 Å². The zero-order chi connectivity index (χ0) is 17.9. The second kappa shape index (κ2) is 5.79. The van der Waals surface area contributed by atoms with Crippen molar-refractivity contribution in [1.29, 1.82) is 0 Å². The van der Waals surface area contributed by atoms with Crippen LogP contribution >= 0.6 is 11.3 Å². The molecule has 138 valence electrons. The highest BCUT2D eigenvalue weighted by Gasteiger charge is 2.51. The van der Waals surface area contributed by atoms with E-state index in [0.29, 0.717) is 23.9 Å². The van der Waals surface area contributed by atoms with E-state index in [2.05, 4.69) is 20.8 Å². The Labute approximate surface area is 156 Å². The third kappa shape index (κ3) is 2.63. The van der Waals surface area contributed by atoms with Gasteiger partial charge in [-0.15, -0.1) is 11.3 Å². The third-order valence-electron chi connectivity index (χ3n) is 6.03. The maximum Gasteiger partial charge on any atom is 0.324 e. The lowest BCUT2D eigenvalue weighted by Gasteiger charge is -2.43. The Kier molecular flexibility index (Phi) is 3.62. The van der Waals surface area contributed by atoms with Crippen LogP contribution in [0, 0.1) is 0 Å². The molecule has 7 nitrogen and oxygen atoms in total. The Morgan fingerprint density at radius 1 is 1.31 bits per heavy atom. The van der Waals surface area contributed by atoms with Crippen molar-refractivity contribution in [1.82, 2.24) is 19.7 Å². The van der Waals surface area contributed by atoms with Crippen LogP contribution in [0.15, 0.2) is 17.6 Å². The van der Waals surface area contributed by atoms with Gasteiger partial charge < -0.3 is 10.0 Å². The van der Waals surface area contributed by atoms with E-state index in [1.165, 1.54) is 24.2 Å². The van der Waals surface area contributed by atoms with Crippen LogP contribution in [-0.4, -0.2) is 42.9 Å². The van der Waals surface area contributed by atoms with E-state index in [1.807, 2.05) is 18.0 Å². The van der Waals surface area contributed by atoms with Crippen LogP contribution in [0.3, 0.4) is 0 Å². The van der Waals surface area contributed by atoms with Crippen molar-refractivity contribution in [2.75, 3.05) is 5.32 Å². The number of aliphatic hydroxyl groups is 1. The summed E-state index contributed by atoms with van der Waals surface area (Å²) < 4.78 is 1.74. The molecule has 3 aliphatic rings. The van der Waals surface area contributed by atoms with Crippen LogP contribution in [0.4, 0.5) is 9.93 Å². The molecular weight excluding hydrogens is 350 g/mol. The minimum Gasteiger partial charge on any atom is -0.383 e. The molecule has 2 bridgehead atoms. The SMILES string of the molecule is Cn1nccc1C1(O)C[C@H]2CC[C@@H](C1)N2C(=O)Nc1nc(C2CC2)cs1. The number of rotatable bonds is 3. The van der Waals surface area contributed by atoms with Crippen LogP contribution in [0.2, 0.25) is 0 Å². The molecule has 1 aliphatic carbocycles. The van der Waals surface area contributed by atoms with Crippen molar-refractivity contribution in [2.45, 2.75) is 62.1 Å². The number of carbonyl (C=O) groups excluding carboxylic acids is 1. The van der Waals surface area contributed by atoms with Gasteiger partial charge in [0.1, 0.15) is 5.60 Å². The lowest BCUT2D eigenvalue weighted by molar-refractivity contribution is -0.0479. The minimum atomic E-state index is -0.909. The van der Waals surface area contributed by atoms with Gasteiger partial charge in [0, 0.05) is 49.5 Å². The average molecular weight is 373 g/mol. The number of aromatic nitrogens is 3. The Morgan fingerprint density at radius 2 is 2.04 bits per heavy atom. The summed E-state index contributed by atoms with van der Waals surface area (Å²) in [7, 11) is 1.86. The Morgan fingerprint density at radius 3 is 2.65 bits per heavy atom. The molecule has 2 aliphatic heterocycles. The summed E-state index contributed by atoms with van der Waals surface area (Å²) >= 11 is 1.50. The number of fused-ring (bicyclic) bond motifs is 2. The standard InChI is InChI=1S/C18H23N5O2S/c1-22-15(6-7-19-22)18(25)8-12-4-5-13(9-18)23(12)17(24)21-16-20-14(10-26-16)11-2-3-11/h6-7,10-13,25H,2-5,8-9H2,1H3,(H,20,21,24)/t12-,13+,18?. The van der Waals surface area contributed by atoms with Crippen LogP contribution in [0.1, 0.15) is 55.8 Å². The molecule has 8 heteroatoms. The zero-order valence-corrected chi connectivity index (χ0v) is 15.6. The molecule has 2 amide bonds. The van der Waals surface area contributed by atoms with Gasteiger partial charge in [-0.3, -0.25) is 10.00 Å². The number of nitrogens with one attached hydrogen (secondary N) is 1. The smallest absolute Gasteiger partial charge is 0.324 e. The molecule has 1 unspecified atom stereocenters. The summed E-state index contributed by atoms with van der Waals surface area (Å²) in [6, 6.07) is 1.90. The number of aryl methyl sites for hydroxylation is 1. The Hall–Kier alpha value is -1.93. The number of carbonyl (C=O) groups is 1. The summed E-state index contributed by atoms with van der Waals surface area (Å²) in [6.45, 7) is 0. The second-order valence-electron chi connectivity index (χ2n) is 7.85. The average Bonchev–Trinajstić information content (AvgIpc) is 3.06. The highest BCUT2D eigenvalue weighted by atomic mass is 32.1. The van der Waals surface area contributed by atoms with Crippen LogP contribution < -0.4 is 5.32 Å². The van der Waals surface area contributed by atoms with Gasteiger partial charge in [0.2, 0.25) is 0 Å². The molecule has 2 aromatic heterocycles. The van der Waals surface area contributed by atoms with Gasteiger partial charge in [0.15, 0.2) is 5.13 Å². The largest absolute Gasteiger partial charge is 0.383 e. The van der Waals surface area contributed by atoms with Gasteiger partial charge in [-0.25, -0.2) is 9.78 Å². The van der Waals surface area contributed by atoms with E-state index in [1.54, 1.807) is 10.9 Å². The number of piperidine rings is 1. The summed E-state index contributed by atoms with van der Waals surface area (Å²) in [6.07, 6.45) is 7.12. The number of hydrogen-bond acceptors (Lipinski definition) is 5. The number of amides is 2. The van der Waals surface area contributed by atoms with E-state index in [-0.39, 0.29) is 18.1 Å². The fraction of sp³-hybridized carbons (Fsp3) is 0.611. The summed E-state index contributed by atoms with van der Waals surface area (Å²) in [5.74, 6) is 0.594. The third-order valence-corrected chi connectivity index (χ3v) is 6.81. The number of hydrogen-bond donors (Lipinski definition) is 2. The van der Waals surface area contributed by atoms with Gasteiger partial charge in [0.25, 0.3) is 0 Å². The Balaban J connectivity index is 1.31.